The Hall–Kier alpha value is -1.03. The van der Waals surface area contributed by atoms with Crippen molar-refractivity contribution < 1.29 is 9.53 Å². The molecule has 0 saturated heterocycles. The monoisotopic (exact) mass is 283 g/mol. The quantitative estimate of drug-likeness (QED) is 0.849. The number of rotatable bonds is 2. The highest BCUT2D eigenvalue weighted by molar-refractivity contribution is 9.10. The summed E-state index contributed by atoms with van der Waals surface area (Å²) in [6.45, 7) is 3.09. The zero-order valence-electron chi connectivity index (χ0n) is 9.13. The highest BCUT2D eigenvalue weighted by Crippen LogP contribution is 2.34. The van der Waals surface area contributed by atoms with E-state index in [0.29, 0.717) is 6.61 Å². The molecule has 1 aromatic carbocycles. The number of carbonyl (C=O) groups is 1. The predicted molar refractivity (Wildman–Crippen MR) is 66.6 cm³/mol. The van der Waals surface area contributed by atoms with Gasteiger partial charge in [0.15, 0.2) is 0 Å². The molecule has 1 aromatic rings. The minimum absolute atomic E-state index is 0.122. The molecule has 1 heterocycles. The summed E-state index contributed by atoms with van der Waals surface area (Å²) < 4.78 is 6.09. The van der Waals surface area contributed by atoms with Crippen molar-refractivity contribution in [3.63, 3.8) is 0 Å². The summed E-state index contributed by atoms with van der Waals surface area (Å²) in [4.78, 5) is 11.8. The van der Waals surface area contributed by atoms with Crippen molar-refractivity contribution in [2.75, 3.05) is 18.5 Å². The molecule has 0 saturated carbocycles. The second-order valence-corrected chi connectivity index (χ2v) is 4.67. The highest BCUT2D eigenvalue weighted by atomic mass is 79.9. The molecule has 86 valence electrons. The van der Waals surface area contributed by atoms with Crippen LogP contribution in [0.4, 0.5) is 5.69 Å². The number of anilines is 1. The Labute approximate surface area is 103 Å². The lowest BCUT2D eigenvalue weighted by molar-refractivity contribution is -0.145. The summed E-state index contributed by atoms with van der Waals surface area (Å²) in [5, 5.41) is 3.29. The first-order valence-corrected chi connectivity index (χ1v) is 6.21. The van der Waals surface area contributed by atoms with Crippen LogP contribution in [0.3, 0.4) is 0 Å². The molecule has 3 nitrogen and oxygen atoms in total. The topological polar surface area (TPSA) is 38.3 Å². The summed E-state index contributed by atoms with van der Waals surface area (Å²) >= 11 is 3.43. The van der Waals surface area contributed by atoms with E-state index >= 15 is 0 Å². The van der Waals surface area contributed by atoms with Crippen molar-refractivity contribution in [1.29, 1.82) is 0 Å². The van der Waals surface area contributed by atoms with Crippen molar-refractivity contribution in [1.82, 2.24) is 0 Å². The Morgan fingerprint density at radius 3 is 3.19 bits per heavy atom. The number of benzene rings is 1. The van der Waals surface area contributed by atoms with Gasteiger partial charge in [0.2, 0.25) is 0 Å². The predicted octanol–water partition coefficient (Wildman–Crippen LogP) is 2.91. The van der Waals surface area contributed by atoms with E-state index in [9.17, 15) is 4.79 Å². The van der Waals surface area contributed by atoms with E-state index in [0.717, 1.165) is 28.7 Å². The Morgan fingerprint density at radius 2 is 2.44 bits per heavy atom. The molecule has 0 unspecified atom stereocenters. The van der Waals surface area contributed by atoms with Crippen LogP contribution >= 0.6 is 15.9 Å². The number of halogens is 1. The molecule has 0 bridgehead atoms. The largest absolute Gasteiger partial charge is 0.466 e. The van der Waals surface area contributed by atoms with Crippen LogP contribution in [0.1, 0.15) is 24.8 Å². The van der Waals surface area contributed by atoms with Gasteiger partial charge >= 0.3 is 5.97 Å². The molecule has 1 aliphatic rings. The van der Waals surface area contributed by atoms with Crippen LogP contribution in [0.15, 0.2) is 22.7 Å². The molecule has 1 aliphatic heterocycles. The van der Waals surface area contributed by atoms with E-state index in [1.54, 1.807) is 0 Å². The van der Waals surface area contributed by atoms with Gasteiger partial charge in [-0.25, -0.2) is 0 Å². The van der Waals surface area contributed by atoms with Crippen LogP contribution in [0.2, 0.25) is 0 Å². The van der Waals surface area contributed by atoms with Gasteiger partial charge in [-0.3, -0.25) is 4.79 Å². The molecule has 0 aliphatic carbocycles. The van der Waals surface area contributed by atoms with Gasteiger partial charge in [0.05, 0.1) is 12.5 Å². The molecule has 4 heteroatoms. The average Bonchev–Trinajstić information content (AvgIpc) is 2.28. The van der Waals surface area contributed by atoms with E-state index in [1.165, 1.54) is 0 Å². The number of nitrogens with one attached hydrogen (secondary N) is 1. The summed E-state index contributed by atoms with van der Waals surface area (Å²) in [7, 11) is 0. The lowest BCUT2D eigenvalue weighted by Gasteiger charge is -2.25. The fraction of sp³-hybridized carbons (Fsp3) is 0.417. The molecule has 1 N–H and O–H groups in total. The van der Waals surface area contributed by atoms with Crippen LogP contribution in [0.25, 0.3) is 0 Å². The van der Waals surface area contributed by atoms with Gasteiger partial charge in [-0.1, -0.05) is 15.9 Å². The van der Waals surface area contributed by atoms with E-state index in [4.69, 9.17) is 4.74 Å². The van der Waals surface area contributed by atoms with Crippen molar-refractivity contribution in [2.24, 2.45) is 0 Å². The Kier molecular flexibility index (Phi) is 3.49. The summed E-state index contributed by atoms with van der Waals surface area (Å²) in [6.07, 6.45) is 0.794. The molecule has 0 amide bonds. The number of hydrogen-bond acceptors (Lipinski definition) is 3. The van der Waals surface area contributed by atoms with Gasteiger partial charge in [-0.05, 0) is 37.1 Å². The summed E-state index contributed by atoms with van der Waals surface area (Å²) in [6, 6.07) is 5.95. The fourth-order valence-electron chi connectivity index (χ4n) is 1.98. The first-order chi connectivity index (χ1) is 7.72. The molecular formula is C12H14BrNO2. The van der Waals surface area contributed by atoms with Crippen molar-refractivity contribution in [2.45, 2.75) is 19.3 Å². The normalized spacial score (nSPS) is 18.5. The van der Waals surface area contributed by atoms with Crippen LogP contribution in [-0.2, 0) is 9.53 Å². The molecule has 0 spiro atoms. The van der Waals surface area contributed by atoms with Crippen molar-refractivity contribution >= 4 is 27.6 Å². The van der Waals surface area contributed by atoms with Crippen molar-refractivity contribution in [3.8, 4) is 0 Å². The molecule has 1 atom stereocenters. The molecule has 2 rings (SSSR count). The SMILES string of the molecule is CCOC(=O)[C@H]1CCNc2ccc(Br)cc21. The lowest BCUT2D eigenvalue weighted by Crippen LogP contribution is -2.24. The van der Waals surface area contributed by atoms with Crippen LogP contribution in [0.5, 0.6) is 0 Å². The minimum Gasteiger partial charge on any atom is -0.466 e. The van der Waals surface area contributed by atoms with E-state index < -0.39 is 0 Å². The standard InChI is InChI=1S/C12H14BrNO2/c1-2-16-12(15)9-5-6-14-11-4-3-8(13)7-10(9)11/h3-4,7,9,14H,2,5-6H2,1H3/t9-/m0/s1. The average molecular weight is 284 g/mol. The molecule has 0 radical (unpaired) electrons. The van der Waals surface area contributed by atoms with Gasteiger partial charge in [-0.15, -0.1) is 0 Å². The number of hydrogen-bond donors (Lipinski definition) is 1. The van der Waals surface area contributed by atoms with Gasteiger partial charge < -0.3 is 10.1 Å². The summed E-state index contributed by atoms with van der Waals surface area (Å²) in [5.41, 5.74) is 2.06. The van der Waals surface area contributed by atoms with Gasteiger partial charge in [0, 0.05) is 16.7 Å². The van der Waals surface area contributed by atoms with Crippen LogP contribution in [0, 0.1) is 0 Å². The first kappa shape index (κ1) is 11.5. The molecule has 0 aromatic heterocycles. The second kappa shape index (κ2) is 4.87. The Morgan fingerprint density at radius 1 is 1.62 bits per heavy atom. The number of esters is 1. The van der Waals surface area contributed by atoms with E-state index in [-0.39, 0.29) is 11.9 Å². The van der Waals surface area contributed by atoms with E-state index in [2.05, 4.69) is 21.2 Å². The third kappa shape index (κ3) is 2.21. The molecular weight excluding hydrogens is 270 g/mol. The number of ether oxygens (including phenoxy) is 1. The number of fused-ring (bicyclic) bond motifs is 1. The Bertz CT molecular complexity index is 406. The smallest absolute Gasteiger partial charge is 0.313 e. The Balaban J connectivity index is 2.31. The highest BCUT2D eigenvalue weighted by Gasteiger charge is 2.27. The zero-order chi connectivity index (χ0) is 11.5. The number of carbonyl (C=O) groups excluding carboxylic acids is 1. The van der Waals surface area contributed by atoms with Gasteiger partial charge in [0.25, 0.3) is 0 Å². The third-order valence-corrected chi connectivity index (χ3v) is 3.20. The third-order valence-electron chi connectivity index (χ3n) is 2.71. The van der Waals surface area contributed by atoms with Gasteiger partial charge in [-0.2, -0.15) is 0 Å². The maximum Gasteiger partial charge on any atom is 0.313 e. The van der Waals surface area contributed by atoms with Gasteiger partial charge in [0.1, 0.15) is 0 Å². The van der Waals surface area contributed by atoms with E-state index in [1.807, 2.05) is 25.1 Å². The lowest BCUT2D eigenvalue weighted by atomic mass is 9.91. The van der Waals surface area contributed by atoms with Crippen molar-refractivity contribution in [3.05, 3.63) is 28.2 Å². The maximum atomic E-state index is 11.8. The first-order valence-electron chi connectivity index (χ1n) is 5.42. The van der Waals surface area contributed by atoms with Crippen LogP contribution in [-0.4, -0.2) is 19.1 Å². The molecule has 0 fully saturated rings. The second-order valence-electron chi connectivity index (χ2n) is 3.75. The zero-order valence-corrected chi connectivity index (χ0v) is 10.7. The van der Waals surface area contributed by atoms with Crippen LogP contribution < -0.4 is 5.32 Å². The maximum absolute atomic E-state index is 11.8. The molecule has 16 heavy (non-hydrogen) atoms. The summed E-state index contributed by atoms with van der Waals surface area (Å²) in [5.74, 6) is -0.253. The minimum atomic E-state index is -0.131. The fourth-order valence-corrected chi connectivity index (χ4v) is 2.36.